The van der Waals surface area contributed by atoms with Crippen molar-refractivity contribution in [2.24, 2.45) is 0 Å². The van der Waals surface area contributed by atoms with E-state index in [1.54, 1.807) is 0 Å². The Labute approximate surface area is 114 Å². The van der Waals surface area contributed by atoms with Crippen LogP contribution >= 0.6 is 0 Å². The molecule has 0 N–H and O–H groups in total. The van der Waals surface area contributed by atoms with Gasteiger partial charge in [-0.1, -0.05) is 32.3 Å². The van der Waals surface area contributed by atoms with Gasteiger partial charge in [-0.05, 0) is 37.6 Å². The topological polar surface area (TPSA) is 30.0 Å². The number of nitrogens with zero attached hydrogens (tertiary/aromatic N) is 1. The first kappa shape index (κ1) is 13.7. The van der Waals surface area contributed by atoms with Gasteiger partial charge in [0.15, 0.2) is 5.78 Å². The summed E-state index contributed by atoms with van der Waals surface area (Å²) in [7, 11) is 0. The summed E-state index contributed by atoms with van der Waals surface area (Å²) in [5.74, 6) is 0.249. The Hall–Kier alpha value is -1.70. The Bertz CT molecular complexity index is 574. The second-order valence-corrected chi connectivity index (χ2v) is 5.09. The zero-order chi connectivity index (χ0) is 13.7. The molecule has 0 amide bonds. The fourth-order valence-corrected chi connectivity index (χ4v) is 2.26. The third-order valence-corrected chi connectivity index (χ3v) is 3.41. The van der Waals surface area contributed by atoms with Crippen LogP contribution in [0.2, 0.25) is 0 Å². The maximum Gasteiger partial charge on any atom is 0.162 e. The minimum atomic E-state index is 0.249. The molecule has 1 aromatic heterocycles. The number of pyridine rings is 1. The van der Waals surface area contributed by atoms with Crippen molar-refractivity contribution in [1.29, 1.82) is 0 Å². The maximum absolute atomic E-state index is 12.1. The summed E-state index contributed by atoms with van der Waals surface area (Å²) in [6.07, 6.45) is 5.22. The number of aryl methyl sites for hydroxylation is 1. The van der Waals surface area contributed by atoms with E-state index in [0.29, 0.717) is 6.42 Å². The number of ketones is 1. The van der Waals surface area contributed by atoms with Crippen LogP contribution in [0, 0.1) is 6.92 Å². The molecule has 0 aliphatic rings. The van der Waals surface area contributed by atoms with Crippen molar-refractivity contribution in [2.45, 2.75) is 46.0 Å². The van der Waals surface area contributed by atoms with E-state index in [0.717, 1.165) is 35.0 Å². The molecule has 1 aromatic carbocycles. The first-order chi connectivity index (χ1) is 9.20. The number of rotatable bonds is 6. The zero-order valence-electron chi connectivity index (χ0n) is 11.8. The van der Waals surface area contributed by atoms with Gasteiger partial charge in [0.1, 0.15) is 0 Å². The van der Waals surface area contributed by atoms with E-state index in [9.17, 15) is 4.79 Å². The Balaban J connectivity index is 2.08. The summed E-state index contributed by atoms with van der Waals surface area (Å²) in [6.45, 7) is 4.16. The van der Waals surface area contributed by atoms with Crippen molar-refractivity contribution in [1.82, 2.24) is 4.98 Å². The lowest BCUT2D eigenvalue weighted by atomic mass is 10.0. The second-order valence-electron chi connectivity index (χ2n) is 5.09. The van der Waals surface area contributed by atoms with Gasteiger partial charge >= 0.3 is 0 Å². The zero-order valence-corrected chi connectivity index (χ0v) is 11.8. The lowest BCUT2D eigenvalue weighted by Crippen LogP contribution is -1.99. The highest BCUT2D eigenvalue weighted by Gasteiger charge is 2.06. The number of carbonyl (C=O) groups excluding carboxylic acids is 1. The fourth-order valence-electron chi connectivity index (χ4n) is 2.26. The summed E-state index contributed by atoms with van der Waals surface area (Å²) >= 11 is 0. The molecule has 100 valence electrons. The lowest BCUT2D eigenvalue weighted by Gasteiger charge is -2.04. The molecular weight excluding hydrogens is 234 g/mol. The number of unbranched alkanes of at least 4 members (excludes halogenated alkanes) is 3. The molecule has 0 bridgehead atoms. The molecule has 0 spiro atoms. The van der Waals surface area contributed by atoms with E-state index in [1.165, 1.54) is 12.8 Å². The van der Waals surface area contributed by atoms with Gasteiger partial charge in [-0.2, -0.15) is 0 Å². The molecule has 19 heavy (non-hydrogen) atoms. The Morgan fingerprint density at radius 1 is 1.11 bits per heavy atom. The third-order valence-electron chi connectivity index (χ3n) is 3.41. The standard InChI is InChI=1S/C17H21NO/c1-3-4-5-6-7-17(19)15-10-11-16-14(12-15)9-8-13(2)18-16/h8-12H,3-7H2,1-2H3. The molecule has 2 nitrogen and oxygen atoms in total. The van der Waals surface area contributed by atoms with Crippen LogP contribution in [0.25, 0.3) is 10.9 Å². The maximum atomic E-state index is 12.1. The molecule has 2 aromatic rings. The van der Waals surface area contributed by atoms with Crippen molar-refractivity contribution in [3.63, 3.8) is 0 Å². The number of benzene rings is 1. The van der Waals surface area contributed by atoms with E-state index >= 15 is 0 Å². The largest absolute Gasteiger partial charge is 0.294 e. The Morgan fingerprint density at radius 3 is 2.74 bits per heavy atom. The molecule has 0 aliphatic carbocycles. The Morgan fingerprint density at radius 2 is 1.95 bits per heavy atom. The molecule has 0 saturated heterocycles. The predicted octanol–water partition coefficient (Wildman–Crippen LogP) is 4.70. The molecule has 1 heterocycles. The number of hydrogen-bond donors (Lipinski definition) is 0. The number of Topliss-reactive ketones (excluding diaryl/α,β-unsaturated/α-hetero) is 1. The minimum absolute atomic E-state index is 0.249. The van der Waals surface area contributed by atoms with Gasteiger partial charge in [-0.3, -0.25) is 9.78 Å². The molecule has 0 aliphatic heterocycles. The van der Waals surface area contributed by atoms with Crippen LogP contribution in [0.5, 0.6) is 0 Å². The van der Waals surface area contributed by atoms with E-state index in [4.69, 9.17) is 0 Å². The third kappa shape index (κ3) is 3.63. The van der Waals surface area contributed by atoms with Gasteiger partial charge in [0.2, 0.25) is 0 Å². The summed E-state index contributed by atoms with van der Waals surface area (Å²) in [5, 5.41) is 1.05. The van der Waals surface area contributed by atoms with Crippen molar-refractivity contribution in [3.05, 3.63) is 41.6 Å². The highest BCUT2D eigenvalue weighted by atomic mass is 16.1. The van der Waals surface area contributed by atoms with E-state index < -0.39 is 0 Å². The van der Waals surface area contributed by atoms with Crippen LogP contribution in [0.3, 0.4) is 0 Å². The van der Waals surface area contributed by atoms with Gasteiger partial charge in [-0.15, -0.1) is 0 Å². The first-order valence-electron chi connectivity index (χ1n) is 7.11. The Kier molecular flexibility index (Phi) is 4.67. The number of hydrogen-bond acceptors (Lipinski definition) is 2. The van der Waals surface area contributed by atoms with E-state index in [1.807, 2.05) is 37.3 Å². The van der Waals surface area contributed by atoms with Crippen molar-refractivity contribution in [3.8, 4) is 0 Å². The van der Waals surface area contributed by atoms with Crippen LogP contribution in [-0.4, -0.2) is 10.8 Å². The van der Waals surface area contributed by atoms with Gasteiger partial charge < -0.3 is 0 Å². The number of aromatic nitrogens is 1. The van der Waals surface area contributed by atoms with Gasteiger partial charge in [0, 0.05) is 23.1 Å². The first-order valence-corrected chi connectivity index (χ1v) is 7.11. The lowest BCUT2D eigenvalue weighted by molar-refractivity contribution is 0.0979. The second kappa shape index (κ2) is 6.46. The van der Waals surface area contributed by atoms with E-state index in [-0.39, 0.29) is 5.78 Å². The highest BCUT2D eigenvalue weighted by molar-refractivity contribution is 5.99. The van der Waals surface area contributed by atoms with Crippen molar-refractivity contribution in [2.75, 3.05) is 0 Å². The molecule has 0 unspecified atom stereocenters. The smallest absolute Gasteiger partial charge is 0.162 e. The van der Waals surface area contributed by atoms with Crippen molar-refractivity contribution >= 4 is 16.7 Å². The van der Waals surface area contributed by atoms with Crippen LogP contribution in [-0.2, 0) is 0 Å². The molecule has 2 rings (SSSR count). The summed E-state index contributed by atoms with van der Waals surface area (Å²) in [6, 6.07) is 9.83. The van der Waals surface area contributed by atoms with Gasteiger partial charge in [-0.25, -0.2) is 0 Å². The SMILES string of the molecule is CCCCCCC(=O)c1ccc2nc(C)ccc2c1. The fraction of sp³-hybridized carbons (Fsp3) is 0.412. The minimum Gasteiger partial charge on any atom is -0.294 e. The predicted molar refractivity (Wildman–Crippen MR) is 79.6 cm³/mol. The summed E-state index contributed by atoms with van der Waals surface area (Å²) in [4.78, 5) is 16.5. The monoisotopic (exact) mass is 255 g/mol. The van der Waals surface area contributed by atoms with Crippen LogP contribution in [0.1, 0.15) is 55.1 Å². The summed E-state index contributed by atoms with van der Waals surface area (Å²) in [5.41, 5.74) is 2.78. The number of carbonyl (C=O) groups is 1. The number of fused-ring (bicyclic) bond motifs is 1. The highest BCUT2D eigenvalue weighted by Crippen LogP contribution is 2.17. The van der Waals surface area contributed by atoms with Gasteiger partial charge in [0.05, 0.1) is 5.52 Å². The quantitative estimate of drug-likeness (QED) is 0.553. The average molecular weight is 255 g/mol. The normalized spacial score (nSPS) is 10.8. The van der Waals surface area contributed by atoms with Crippen molar-refractivity contribution < 1.29 is 4.79 Å². The van der Waals surface area contributed by atoms with Crippen LogP contribution in [0.15, 0.2) is 30.3 Å². The summed E-state index contributed by atoms with van der Waals surface area (Å²) < 4.78 is 0. The van der Waals surface area contributed by atoms with Gasteiger partial charge in [0.25, 0.3) is 0 Å². The van der Waals surface area contributed by atoms with Crippen LogP contribution < -0.4 is 0 Å². The molecule has 0 atom stereocenters. The molecule has 0 saturated carbocycles. The average Bonchev–Trinajstić information content (AvgIpc) is 2.42. The molecule has 2 heteroatoms. The molecule has 0 fully saturated rings. The van der Waals surface area contributed by atoms with Crippen LogP contribution in [0.4, 0.5) is 0 Å². The molecule has 0 radical (unpaired) electrons. The molecular formula is C17H21NO. The van der Waals surface area contributed by atoms with E-state index in [2.05, 4.69) is 11.9 Å².